The lowest BCUT2D eigenvalue weighted by molar-refractivity contribution is -0.0565. The van der Waals surface area contributed by atoms with Gasteiger partial charge in [0.2, 0.25) is 0 Å². The quantitative estimate of drug-likeness (QED) is 0.308. The van der Waals surface area contributed by atoms with E-state index >= 15 is 0 Å². The van der Waals surface area contributed by atoms with Gasteiger partial charge in [-0.05, 0) is 83.2 Å². The molecule has 1 aliphatic carbocycles. The zero-order valence-corrected chi connectivity index (χ0v) is 23.0. The van der Waals surface area contributed by atoms with Crippen molar-refractivity contribution in [1.82, 2.24) is 15.5 Å². The van der Waals surface area contributed by atoms with E-state index in [9.17, 15) is 18.7 Å². The lowest BCUT2D eigenvalue weighted by Gasteiger charge is -2.43. The van der Waals surface area contributed by atoms with Crippen molar-refractivity contribution in [2.75, 3.05) is 40.4 Å². The summed E-state index contributed by atoms with van der Waals surface area (Å²) in [6, 6.07) is 4.35. The van der Waals surface area contributed by atoms with Gasteiger partial charge in [-0.3, -0.25) is 0 Å². The van der Waals surface area contributed by atoms with Gasteiger partial charge >= 0.3 is 6.03 Å². The highest BCUT2D eigenvalue weighted by Gasteiger charge is 2.43. The topological polar surface area (TPSA) is 73.8 Å². The van der Waals surface area contributed by atoms with E-state index in [1.807, 2.05) is 7.05 Å². The Labute approximate surface area is 225 Å². The summed E-state index contributed by atoms with van der Waals surface area (Å²) in [4.78, 5) is 15.1. The molecule has 1 saturated heterocycles. The van der Waals surface area contributed by atoms with Gasteiger partial charge in [0.05, 0.1) is 10.6 Å². The number of halogens is 3. The molecule has 1 saturated carbocycles. The van der Waals surface area contributed by atoms with Gasteiger partial charge in [-0.2, -0.15) is 0 Å². The molecule has 1 heterocycles. The van der Waals surface area contributed by atoms with E-state index in [1.165, 1.54) is 6.07 Å². The third kappa shape index (κ3) is 8.25. The monoisotopic (exact) mass is 543 g/mol. The average molecular weight is 544 g/mol. The van der Waals surface area contributed by atoms with Crippen LogP contribution in [0, 0.1) is 17.7 Å². The molecular weight excluding hydrogens is 500 g/mol. The molecule has 2 amide bonds. The number of aliphatic hydroxyl groups is 1. The number of benzene rings is 1. The number of piperidine rings is 1. The minimum atomic E-state index is -1.36. The summed E-state index contributed by atoms with van der Waals surface area (Å²) in [7, 11) is 3.50. The number of urea groups is 1. The minimum Gasteiger partial charge on any atom is -0.385 e. The molecule has 0 spiro atoms. The van der Waals surface area contributed by atoms with Crippen molar-refractivity contribution in [3.05, 3.63) is 34.6 Å². The Balaban J connectivity index is 1.70. The molecule has 9 heteroatoms. The van der Waals surface area contributed by atoms with Gasteiger partial charge < -0.3 is 25.4 Å². The Morgan fingerprint density at radius 3 is 2.73 bits per heavy atom. The summed E-state index contributed by atoms with van der Waals surface area (Å²) in [5, 5.41) is 18.3. The van der Waals surface area contributed by atoms with Crippen LogP contribution in [0.15, 0.2) is 18.2 Å². The summed E-state index contributed by atoms with van der Waals surface area (Å²) >= 11 is 6.36. The number of hydrogen-bond donors (Lipinski definition) is 3. The smallest absolute Gasteiger partial charge is 0.317 e. The molecular formula is C28H44ClF2N3O3. The van der Waals surface area contributed by atoms with Gasteiger partial charge in [-0.1, -0.05) is 23.7 Å². The number of ether oxygens (including phenoxy) is 1. The largest absolute Gasteiger partial charge is 0.385 e. The number of unbranched alkanes of at least 4 members (excludes halogenated alkanes) is 1. The maximum absolute atomic E-state index is 14.4. The lowest BCUT2D eigenvalue weighted by atomic mass is 9.74. The van der Waals surface area contributed by atoms with E-state index in [4.69, 9.17) is 16.3 Å². The second-order valence-corrected chi connectivity index (χ2v) is 11.2. The standard InChI is InChI=1S/C28H44ClF2N3O3/c1-32-18-23(17-20-10-12-22(30)13-11-20)33-27(35)34-15-6-7-21(19-34)28(36,14-3-4-16-37-2)24-8-5-9-25(31)26(24)29/h5,8-9,20-23,32,36H,3-4,6-7,10-19H2,1-2H3,(H,33,35)/t20-,21-,22-,23+,28+/m1/s1. The summed E-state index contributed by atoms with van der Waals surface area (Å²) in [6.07, 6.45) is 6.34. The molecule has 0 unspecified atom stereocenters. The van der Waals surface area contributed by atoms with Crippen LogP contribution in [-0.2, 0) is 10.3 Å². The Hall–Kier alpha value is -1.48. The van der Waals surface area contributed by atoms with Crippen molar-refractivity contribution in [3.8, 4) is 0 Å². The number of alkyl halides is 1. The number of amides is 2. The second-order valence-electron chi connectivity index (χ2n) is 10.8. The number of carbonyl (C=O) groups excluding carboxylic acids is 1. The summed E-state index contributed by atoms with van der Waals surface area (Å²) in [5.41, 5.74) is -0.975. The Bertz CT molecular complexity index is 856. The highest BCUT2D eigenvalue weighted by molar-refractivity contribution is 6.31. The van der Waals surface area contributed by atoms with Crippen LogP contribution in [0.25, 0.3) is 0 Å². The first-order valence-electron chi connectivity index (χ1n) is 13.8. The fourth-order valence-corrected chi connectivity index (χ4v) is 6.34. The normalized spacial score (nSPS) is 24.9. The number of methoxy groups -OCH3 is 1. The van der Waals surface area contributed by atoms with Crippen LogP contribution in [0.1, 0.15) is 69.8 Å². The first kappa shape index (κ1) is 30.1. The van der Waals surface area contributed by atoms with Crippen LogP contribution >= 0.6 is 11.6 Å². The van der Waals surface area contributed by atoms with Crippen LogP contribution in [0.2, 0.25) is 5.02 Å². The van der Waals surface area contributed by atoms with Crippen molar-refractivity contribution in [1.29, 1.82) is 0 Å². The molecule has 210 valence electrons. The summed E-state index contributed by atoms with van der Waals surface area (Å²) in [6.45, 7) is 2.17. The molecule has 1 aromatic carbocycles. The van der Waals surface area contributed by atoms with E-state index in [1.54, 1.807) is 24.1 Å². The zero-order chi connectivity index (χ0) is 26.8. The third-order valence-electron chi connectivity index (χ3n) is 8.13. The molecule has 0 aromatic heterocycles. The van der Waals surface area contributed by atoms with Gasteiger partial charge in [-0.25, -0.2) is 13.6 Å². The zero-order valence-electron chi connectivity index (χ0n) is 22.3. The van der Waals surface area contributed by atoms with Crippen LogP contribution in [0.3, 0.4) is 0 Å². The first-order chi connectivity index (χ1) is 17.8. The average Bonchev–Trinajstić information content (AvgIpc) is 2.89. The number of likely N-dealkylation sites (tertiary alicyclic amines) is 1. The van der Waals surface area contributed by atoms with E-state index in [2.05, 4.69) is 10.6 Å². The minimum absolute atomic E-state index is 0.0513. The Kier molecular flexibility index (Phi) is 11.9. The van der Waals surface area contributed by atoms with Crippen molar-refractivity contribution in [2.24, 2.45) is 11.8 Å². The lowest BCUT2D eigenvalue weighted by Crippen LogP contribution is -2.54. The summed E-state index contributed by atoms with van der Waals surface area (Å²) < 4.78 is 33.1. The van der Waals surface area contributed by atoms with E-state index < -0.39 is 17.6 Å². The molecule has 1 aliphatic heterocycles. The van der Waals surface area contributed by atoms with Crippen molar-refractivity contribution < 1.29 is 23.4 Å². The fourth-order valence-electron chi connectivity index (χ4n) is 6.05. The molecule has 0 radical (unpaired) electrons. The van der Waals surface area contributed by atoms with E-state index in [0.717, 1.165) is 32.1 Å². The highest BCUT2D eigenvalue weighted by Crippen LogP contribution is 2.43. The fraction of sp³-hybridized carbons (Fsp3) is 0.750. The Morgan fingerprint density at radius 1 is 1.27 bits per heavy atom. The van der Waals surface area contributed by atoms with Crippen LogP contribution in [0.4, 0.5) is 13.6 Å². The molecule has 1 aromatic rings. The van der Waals surface area contributed by atoms with Crippen LogP contribution in [0.5, 0.6) is 0 Å². The third-order valence-corrected chi connectivity index (χ3v) is 8.51. The van der Waals surface area contributed by atoms with Gasteiger partial charge in [0.25, 0.3) is 0 Å². The summed E-state index contributed by atoms with van der Waals surface area (Å²) in [5.74, 6) is -0.430. The van der Waals surface area contributed by atoms with Crippen molar-refractivity contribution >= 4 is 17.6 Å². The molecule has 2 aliphatic rings. The second kappa shape index (κ2) is 14.6. The van der Waals surface area contributed by atoms with Crippen molar-refractivity contribution in [3.63, 3.8) is 0 Å². The predicted molar refractivity (Wildman–Crippen MR) is 143 cm³/mol. The maximum atomic E-state index is 14.4. The number of likely N-dealkylation sites (N-methyl/N-ethyl adjacent to an activating group) is 1. The molecule has 2 fully saturated rings. The predicted octanol–water partition coefficient (Wildman–Crippen LogP) is 5.41. The van der Waals surface area contributed by atoms with Gasteiger partial charge in [0.1, 0.15) is 12.0 Å². The van der Waals surface area contributed by atoms with E-state index in [-0.39, 0.29) is 23.0 Å². The van der Waals surface area contributed by atoms with Gasteiger partial charge in [-0.15, -0.1) is 0 Å². The number of nitrogens with one attached hydrogen (secondary N) is 2. The molecule has 3 N–H and O–H groups in total. The van der Waals surface area contributed by atoms with Crippen LogP contribution < -0.4 is 10.6 Å². The number of nitrogens with zero attached hydrogens (tertiary/aromatic N) is 1. The number of rotatable bonds is 12. The van der Waals surface area contributed by atoms with E-state index in [0.29, 0.717) is 69.8 Å². The number of carbonyl (C=O) groups is 1. The van der Waals surface area contributed by atoms with Gasteiger partial charge in [0.15, 0.2) is 0 Å². The highest BCUT2D eigenvalue weighted by atomic mass is 35.5. The SMILES string of the molecule is CNC[C@H](C[C@H]1CC[C@H](F)CC1)NC(=O)N1CCC[C@@H]([C@@](O)(CCCCOC)c2cccc(F)c2Cl)C1. The Morgan fingerprint density at radius 2 is 2.03 bits per heavy atom. The van der Waals surface area contributed by atoms with Gasteiger partial charge in [0, 0.05) is 50.9 Å². The number of hydrogen-bond acceptors (Lipinski definition) is 4. The molecule has 37 heavy (non-hydrogen) atoms. The molecule has 3 atom stereocenters. The molecule has 3 rings (SSSR count). The van der Waals surface area contributed by atoms with Crippen molar-refractivity contribution in [2.45, 2.75) is 82.0 Å². The first-order valence-corrected chi connectivity index (χ1v) is 14.2. The maximum Gasteiger partial charge on any atom is 0.317 e. The van der Waals surface area contributed by atoms with Crippen LogP contribution in [-0.4, -0.2) is 68.6 Å². The molecule has 0 bridgehead atoms. The molecule has 6 nitrogen and oxygen atoms in total.